The summed E-state index contributed by atoms with van der Waals surface area (Å²) in [5.74, 6) is 0. The molecule has 0 heterocycles. The fraction of sp³-hybridized carbons (Fsp3) is 1.00. The van der Waals surface area contributed by atoms with Gasteiger partial charge in [-0.25, -0.2) is 0 Å². The third kappa shape index (κ3) is 1.33. The molecule has 0 N–H and O–H groups in total. The first-order valence-corrected chi connectivity index (χ1v) is 3.94. The predicted molar refractivity (Wildman–Crippen MR) is 36.2 cm³/mol. The van der Waals surface area contributed by atoms with Crippen LogP contribution >= 0.6 is 27.5 Å². The van der Waals surface area contributed by atoms with Gasteiger partial charge in [-0.3, -0.25) is 0 Å². The van der Waals surface area contributed by atoms with Gasteiger partial charge in [0.25, 0.3) is 0 Å². The summed E-state index contributed by atoms with van der Waals surface area (Å²) in [5.41, 5.74) is 0. The first kappa shape index (κ1) is 5.90. The molecule has 2 heteroatoms. The van der Waals surface area contributed by atoms with E-state index < -0.39 is 0 Å². The summed E-state index contributed by atoms with van der Waals surface area (Å²) in [4.78, 5) is 0.592. The Bertz CT molecular complexity index is 57.1. The molecule has 0 spiro atoms. The zero-order valence-electron chi connectivity index (χ0n) is 4.03. The van der Waals surface area contributed by atoms with Crippen molar-refractivity contribution in [3.63, 3.8) is 0 Å². The summed E-state index contributed by atoms with van der Waals surface area (Å²) >= 11 is 9.29. The highest BCUT2D eigenvalue weighted by Gasteiger charge is 2.21. The van der Waals surface area contributed by atoms with Crippen LogP contribution in [-0.2, 0) is 0 Å². The molecule has 0 aliphatic heterocycles. The zero-order chi connectivity index (χ0) is 5.28. The van der Waals surface area contributed by atoms with E-state index in [9.17, 15) is 0 Å². The van der Waals surface area contributed by atoms with Crippen molar-refractivity contribution in [2.45, 2.75) is 29.5 Å². The highest BCUT2D eigenvalue weighted by atomic mass is 79.9. The molecule has 2 atom stereocenters. The van der Waals surface area contributed by atoms with Crippen molar-refractivity contribution < 1.29 is 0 Å². The topological polar surface area (TPSA) is 0 Å². The van der Waals surface area contributed by atoms with E-state index in [-0.39, 0.29) is 0 Å². The predicted octanol–water partition coefficient (Wildman–Crippen LogP) is 2.54. The number of alkyl halides is 2. The Labute approximate surface area is 57.4 Å². The van der Waals surface area contributed by atoms with E-state index in [4.69, 9.17) is 11.6 Å². The van der Waals surface area contributed by atoms with E-state index in [1.807, 2.05) is 0 Å². The van der Waals surface area contributed by atoms with E-state index in [0.717, 1.165) is 0 Å². The second kappa shape index (κ2) is 2.36. The summed E-state index contributed by atoms with van der Waals surface area (Å²) in [6.07, 6.45) is 3.75. The van der Waals surface area contributed by atoms with Crippen LogP contribution in [0.25, 0.3) is 0 Å². The maximum Gasteiger partial charge on any atom is 0.0461 e. The van der Waals surface area contributed by atoms with Crippen LogP contribution in [0, 0.1) is 0 Å². The quantitative estimate of drug-likeness (QED) is 0.506. The molecule has 0 aromatic heterocycles. The molecular weight excluding hydrogens is 175 g/mol. The zero-order valence-corrected chi connectivity index (χ0v) is 6.37. The van der Waals surface area contributed by atoms with E-state index in [0.29, 0.717) is 10.2 Å². The fourth-order valence-electron chi connectivity index (χ4n) is 0.870. The van der Waals surface area contributed by atoms with Crippen LogP contribution in [0.5, 0.6) is 0 Å². The van der Waals surface area contributed by atoms with Crippen LogP contribution in [-0.4, -0.2) is 10.2 Å². The molecular formula is C5H8BrCl. The molecule has 1 aliphatic rings. The first-order valence-electron chi connectivity index (χ1n) is 2.59. The molecule has 0 unspecified atom stereocenters. The van der Waals surface area contributed by atoms with Crippen LogP contribution in [0.15, 0.2) is 0 Å². The summed E-state index contributed by atoms with van der Waals surface area (Å²) < 4.78 is 0. The minimum absolute atomic E-state index is 0.403. The fourth-order valence-corrected chi connectivity index (χ4v) is 1.74. The van der Waals surface area contributed by atoms with Crippen molar-refractivity contribution in [1.82, 2.24) is 0 Å². The Hall–Kier alpha value is 0.770. The van der Waals surface area contributed by atoms with Gasteiger partial charge in [0.1, 0.15) is 0 Å². The Balaban J connectivity index is 2.33. The van der Waals surface area contributed by atoms with E-state index in [2.05, 4.69) is 15.9 Å². The normalized spacial score (nSPS) is 42.0. The average molecular weight is 183 g/mol. The van der Waals surface area contributed by atoms with Gasteiger partial charge in [0.05, 0.1) is 0 Å². The molecule has 0 nitrogen and oxygen atoms in total. The molecule has 1 aliphatic carbocycles. The third-order valence-electron chi connectivity index (χ3n) is 1.35. The molecule has 0 bridgehead atoms. The monoisotopic (exact) mass is 182 g/mol. The Morgan fingerprint density at radius 2 is 2.14 bits per heavy atom. The van der Waals surface area contributed by atoms with Gasteiger partial charge in [-0.1, -0.05) is 22.4 Å². The van der Waals surface area contributed by atoms with E-state index >= 15 is 0 Å². The number of halogens is 2. The highest BCUT2D eigenvalue weighted by molar-refractivity contribution is 9.09. The molecule has 0 aromatic carbocycles. The molecule has 0 aromatic rings. The Morgan fingerprint density at radius 1 is 1.43 bits per heavy atom. The van der Waals surface area contributed by atoms with Crippen molar-refractivity contribution in [3.05, 3.63) is 0 Å². The number of hydrogen-bond donors (Lipinski definition) is 0. The number of rotatable bonds is 0. The summed E-state index contributed by atoms with van der Waals surface area (Å²) in [6.45, 7) is 0. The average Bonchev–Trinajstić information content (AvgIpc) is 1.91. The van der Waals surface area contributed by atoms with Crippen LogP contribution in [0.2, 0.25) is 0 Å². The summed E-state index contributed by atoms with van der Waals surface area (Å²) in [5, 5.41) is 0.403. The lowest BCUT2D eigenvalue weighted by atomic mass is 10.4. The Kier molecular flexibility index (Phi) is 1.99. The van der Waals surface area contributed by atoms with Gasteiger partial charge < -0.3 is 0 Å². The van der Waals surface area contributed by atoms with Crippen molar-refractivity contribution in [2.75, 3.05) is 0 Å². The molecule has 0 amide bonds. The molecule has 42 valence electrons. The molecule has 7 heavy (non-hydrogen) atoms. The molecule has 0 saturated heterocycles. The van der Waals surface area contributed by atoms with Crippen molar-refractivity contribution in [3.8, 4) is 0 Å². The van der Waals surface area contributed by atoms with Crippen LogP contribution in [0.3, 0.4) is 0 Å². The van der Waals surface area contributed by atoms with Gasteiger partial charge in [-0.05, 0) is 12.8 Å². The third-order valence-corrected chi connectivity index (χ3v) is 3.28. The second-order valence-corrected chi connectivity index (χ2v) is 3.70. The highest BCUT2D eigenvalue weighted by Crippen LogP contribution is 2.29. The standard InChI is InChI=1S/C5H8BrCl/c6-4-2-1-3-5(4)7/h4-5H,1-3H2/t4-,5-/m0/s1. The van der Waals surface area contributed by atoms with Gasteiger partial charge >= 0.3 is 0 Å². The van der Waals surface area contributed by atoms with E-state index in [1.165, 1.54) is 19.3 Å². The largest absolute Gasteiger partial charge is 0.122 e. The summed E-state index contributed by atoms with van der Waals surface area (Å²) in [7, 11) is 0. The lowest BCUT2D eigenvalue weighted by Crippen LogP contribution is -2.02. The minimum atomic E-state index is 0.403. The van der Waals surface area contributed by atoms with Crippen LogP contribution < -0.4 is 0 Å². The molecule has 1 rings (SSSR count). The van der Waals surface area contributed by atoms with Crippen LogP contribution in [0.4, 0.5) is 0 Å². The maximum atomic E-state index is 5.82. The van der Waals surface area contributed by atoms with Gasteiger partial charge in [-0.2, -0.15) is 0 Å². The smallest absolute Gasteiger partial charge is 0.0461 e. The lowest BCUT2D eigenvalue weighted by Gasteiger charge is -2.00. The lowest BCUT2D eigenvalue weighted by molar-refractivity contribution is 0.889. The SMILES string of the molecule is Cl[C@H]1CCC[C@@H]1Br. The Morgan fingerprint density at radius 3 is 2.29 bits per heavy atom. The summed E-state index contributed by atoms with van der Waals surface area (Å²) in [6, 6.07) is 0. The molecule has 0 radical (unpaired) electrons. The van der Waals surface area contributed by atoms with Gasteiger partial charge in [0, 0.05) is 10.2 Å². The molecule has 1 saturated carbocycles. The van der Waals surface area contributed by atoms with Gasteiger partial charge in [-0.15, -0.1) is 11.6 Å². The van der Waals surface area contributed by atoms with Gasteiger partial charge in [0.15, 0.2) is 0 Å². The van der Waals surface area contributed by atoms with Crippen LogP contribution in [0.1, 0.15) is 19.3 Å². The van der Waals surface area contributed by atoms with Crippen molar-refractivity contribution >= 4 is 27.5 Å². The second-order valence-electron chi connectivity index (χ2n) is 1.96. The van der Waals surface area contributed by atoms with Crippen molar-refractivity contribution in [2.24, 2.45) is 0 Å². The first-order chi connectivity index (χ1) is 3.30. The minimum Gasteiger partial charge on any atom is -0.122 e. The van der Waals surface area contributed by atoms with E-state index in [1.54, 1.807) is 0 Å². The number of hydrogen-bond acceptors (Lipinski definition) is 0. The van der Waals surface area contributed by atoms with Crippen molar-refractivity contribution in [1.29, 1.82) is 0 Å². The molecule has 1 fully saturated rings. The van der Waals surface area contributed by atoms with Gasteiger partial charge in [0.2, 0.25) is 0 Å². The maximum absolute atomic E-state index is 5.82.